The summed E-state index contributed by atoms with van der Waals surface area (Å²) in [7, 11) is 0. The van der Waals surface area contributed by atoms with Crippen LogP contribution in [-0.2, 0) is 11.3 Å². The number of hydrogen-bond donors (Lipinski definition) is 1. The first kappa shape index (κ1) is 19.5. The first-order valence-electron chi connectivity index (χ1n) is 9.05. The predicted molar refractivity (Wildman–Crippen MR) is 111 cm³/mol. The molecule has 1 unspecified atom stereocenters. The fourth-order valence-electron chi connectivity index (χ4n) is 3.04. The molecule has 0 amide bonds. The highest BCUT2D eigenvalue weighted by Gasteiger charge is 2.28. The maximum atomic E-state index is 6.39. The maximum Gasteiger partial charge on any atom is 0.130 e. The number of halogens is 1. The summed E-state index contributed by atoms with van der Waals surface area (Å²) in [6.07, 6.45) is 5.67. The average Bonchev–Trinajstić information content (AvgIpc) is 3.08. The topological polar surface area (TPSA) is 66.0 Å². The van der Waals surface area contributed by atoms with Crippen molar-refractivity contribution in [2.75, 3.05) is 6.61 Å². The lowest BCUT2D eigenvalue weighted by Crippen LogP contribution is -2.38. The number of ether oxygens (including phenoxy) is 1. The normalized spacial score (nSPS) is 13.5. The summed E-state index contributed by atoms with van der Waals surface area (Å²) < 4.78 is 7.96. The van der Waals surface area contributed by atoms with Gasteiger partial charge in [0.15, 0.2) is 0 Å². The van der Waals surface area contributed by atoms with E-state index in [1.807, 2.05) is 80.2 Å². The summed E-state index contributed by atoms with van der Waals surface area (Å²) in [6, 6.07) is 11.6. The molecule has 3 rings (SSSR count). The predicted octanol–water partition coefficient (Wildman–Crippen LogP) is 4.61. The van der Waals surface area contributed by atoms with Crippen molar-refractivity contribution in [1.29, 1.82) is 0 Å². The van der Waals surface area contributed by atoms with Crippen LogP contribution in [0.1, 0.15) is 38.1 Å². The van der Waals surface area contributed by atoms with Crippen molar-refractivity contribution < 1.29 is 4.74 Å². The second-order valence-electron chi connectivity index (χ2n) is 6.93. The third kappa shape index (κ3) is 4.38. The van der Waals surface area contributed by atoms with Crippen molar-refractivity contribution in [2.45, 2.75) is 39.0 Å². The van der Waals surface area contributed by atoms with Gasteiger partial charge in [0.1, 0.15) is 5.15 Å². The fraction of sp³-hybridized carbons (Fsp3) is 0.333. The molecule has 1 atom stereocenters. The number of hydrogen-bond acceptors (Lipinski definition) is 4. The van der Waals surface area contributed by atoms with E-state index in [-0.39, 0.29) is 6.04 Å². The molecule has 5 nitrogen and oxygen atoms in total. The summed E-state index contributed by atoms with van der Waals surface area (Å²) in [4.78, 5) is 4.44. The molecule has 6 heteroatoms. The summed E-state index contributed by atoms with van der Waals surface area (Å²) in [6.45, 7) is 7.23. The summed E-state index contributed by atoms with van der Waals surface area (Å²) >= 11 is 6.14. The van der Waals surface area contributed by atoms with E-state index in [0.717, 1.165) is 28.7 Å². The minimum Gasteiger partial charge on any atom is -0.370 e. The first-order chi connectivity index (χ1) is 12.9. The van der Waals surface area contributed by atoms with Crippen molar-refractivity contribution >= 4 is 28.6 Å². The van der Waals surface area contributed by atoms with Crippen LogP contribution in [0.5, 0.6) is 0 Å². The van der Waals surface area contributed by atoms with Gasteiger partial charge < -0.3 is 10.5 Å². The van der Waals surface area contributed by atoms with Crippen LogP contribution in [0.4, 0.5) is 0 Å². The zero-order chi connectivity index (χ0) is 19.4. The monoisotopic (exact) mass is 384 g/mol. The summed E-state index contributed by atoms with van der Waals surface area (Å²) in [5.74, 6) is 0. The Kier molecular flexibility index (Phi) is 5.95. The second kappa shape index (κ2) is 8.21. The van der Waals surface area contributed by atoms with E-state index in [1.165, 1.54) is 0 Å². The molecule has 0 bridgehead atoms. The summed E-state index contributed by atoms with van der Waals surface area (Å²) in [5, 5.41) is 5.80. The van der Waals surface area contributed by atoms with Crippen molar-refractivity contribution in [2.24, 2.45) is 5.73 Å². The van der Waals surface area contributed by atoms with E-state index in [0.29, 0.717) is 11.8 Å². The smallest absolute Gasteiger partial charge is 0.130 e. The number of benzene rings is 1. The minimum atomic E-state index is -0.506. The van der Waals surface area contributed by atoms with Crippen LogP contribution < -0.4 is 5.73 Å². The molecule has 2 aromatic heterocycles. The van der Waals surface area contributed by atoms with Gasteiger partial charge in [-0.15, -0.1) is 0 Å². The Morgan fingerprint density at radius 2 is 2.04 bits per heavy atom. The van der Waals surface area contributed by atoms with Crippen molar-refractivity contribution in [3.8, 4) is 0 Å². The maximum absolute atomic E-state index is 6.39. The highest BCUT2D eigenvalue weighted by Crippen LogP contribution is 2.27. The van der Waals surface area contributed by atoms with Crippen LogP contribution in [0.2, 0.25) is 5.15 Å². The molecule has 2 N–H and O–H groups in total. The van der Waals surface area contributed by atoms with Crippen LogP contribution >= 0.6 is 11.6 Å². The molecule has 3 aromatic rings. The number of nitrogens with two attached hydrogens (primary N) is 1. The molecular formula is C21H25ClN4O. The molecule has 0 aliphatic rings. The molecule has 0 saturated heterocycles. The average molecular weight is 385 g/mol. The van der Waals surface area contributed by atoms with E-state index in [2.05, 4.69) is 10.1 Å². The Balaban J connectivity index is 1.72. The highest BCUT2D eigenvalue weighted by atomic mass is 35.5. The third-order valence-corrected chi connectivity index (χ3v) is 4.84. The molecule has 2 heterocycles. The zero-order valence-corrected chi connectivity index (χ0v) is 16.6. The standard InChI is InChI=1S/C21H25ClN4O/c1-4-26-19-16(14-24-26)13-18(22)25-17(19)11-8-12-27-21(2,3)20(23)15-9-6-5-7-10-15/h5-11,13-14,20H,4,12,23H2,1-3H3. The van der Waals surface area contributed by atoms with Gasteiger partial charge in [0.25, 0.3) is 0 Å². The van der Waals surface area contributed by atoms with Crippen LogP contribution in [0.25, 0.3) is 17.0 Å². The lowest BCUT2D eigenvalue weighted by Gasteiger charge is -2.31. The number of nitrogens with zero attached hydrogens (tertiary/aromatic N) is 3. The molecule has 0 radical (unpaired) electrons. The van der Waals surface area contributed by atoms with Gasteiger partial charge in [0.05, 0.1) is 35.7 Å². The highest BCUT2D eigenvalue weighted by molar-refractivity contribution is 6.30. The molecule has 0 spiro atoms. The van der Waals surface area contributed by atoms with Crippen LogP contribution in [-0.4, -0.2) is 27.0 Å². The van der Waals surface area contributed by atoms with Gasteiger partial charge in [0, 0.05) is 11.9 Å². The van der Waals surface area contributed by atoms with Crippen LogP contribution in [0, 0.1) is 0 Å². The third-order valence-electron chi connectivity index (χ3n) is 4.65. The SMILES string of the molecule is CCn1ncc2cc(Cl)nc(C=CCOC(C)(C)C(N)c3ccccc3)c21. The van der Waals surface area contributed by atoms with E-state index in [1.54, 1.807) is 0 Å². The Labute approximate surface area is 164 Å². The number of rotatable bonds is 7. The van der Waals surface area contributed by atoms with Crippen molar-refractivity contribution in [3.63, 3.8) is 0 Å². The molecule has 1 aromatic carbocycles. The zero-order valence-electron chi connectivity index (χ0n) is 15.9. The minimum absolute atomic E-state index is 0.218. The van der Waals surface area contributed by atoms with E-state index in [4.69, 9.17) is 22.1 Å². The lowest BCUT2D eigenvalue weighted by molar-refractivity contribution is -0.0212. The quantitative estimate of drug-likeness (QED) is 0.604. The number of pyridine rings is 1. The van der Waals surface area contributed by atoms with Gasteiger partial charge >= 0.3 is 0 Å². The number of aryl methyl sites for hydroxylation is 1. The molecule has 0 aliphatic heterocycles. The van der Waals surface area contributed by atoms with Gasteiger partial charge in [-0.2, -0.15) is 5.10 Å². The fourth-order valence-corrected chi connectivity index (χ4v) is 3.25. The van der Waals surface area contributed by atoms with Crippen LogP contribution in [0.3, 0.4) is 0 Å². The molecular weight excluding hydrogens is 360 g/mol. The van der Waals surface area contributed by atoms with E-state index < -0.39 is 5.60 Å². The second-order valence-corrected chi connectivity index (χ2v) is 7.32. The van der Waals surface area contributed by atoms with Crippen molar-refractivity contribution in [3.05, 3.63) is 65.1 Å². The molecule has 0 fully saturated rings. The lowest BCUT2D eigenvalue weighted by atomic mass is 9.92. The van der Waals surface area contributed by atoms with Gasteiger partial charge in [-0.3, -0.25) is 4.68 Å². The van der Waals surface area contributed by atoms with Crippen molar-refractivity contribution in [1.82, 2.24) is 14.8 Å². The molecule has 27 heavy (non-hydrogen) atoms. The van der Waals surface area contributed by atoms with E-state index in [9.17, 15) is 0 Å². The van der Waals surface area contributed by atoms with Gasteiger partial charge in [-0.25, -0.2) is 4.98 Å². The van der Waals surface area contributed by atoms with Crippen LogP contribution in [0.15, 0.2) is 48.7 Å². The molecule has 0 saturated carbocycles. The van der Waals surface area contributed by atoms with Gasteiger partial charge in [-0.1, -0.05) is 48.0 Å². The molecule has 0 aliphatic carbocycles. The van der Waals surface area contributed by atoms with E-state index >= 15 is 0 Å². The Morgan fingerprint density at radius 3 is 2.74 bits per heavy atom. The molecule has 142 valence electrons. The Morgan fingerprint density at radius 1 is 1.30 bits per heavy atom. The van der Waals surface area contributed by atoms with Gasteiger partial charge in [-0.05, 0) is 38.5 Å². The largest absolute Gasteiger partial charge is 0.370 e. The Hall–Kier alpha value is -2.21. The summed E-state index contributed by atoms with van der Waals surface area (Å²) in [5.41, 5.74) is 8.69. The number of aromatic nitrogens is 3. The van der Waals surface area contributed by atoms with Gasteiger partial charge in [0.2, 0.25) is 0 Å². The number of fused-ring (bicyclic) bond motifs is 1. The first-order valence-corrected chi connectivity index (χ1v) is 9.43. The Bertz CT molecular complexity index is 934.